The van der Waals surface area contributed by atoms with Gasteiger partial charge in [-0.2, -0.15) is 0 Å². The van der Waals surface area contributed by atoms with Gasteiger partial charge in [-0.15, -0.1) is 0 Å². The summed E-state index contributed by atoms with van der Waals surface area (Å²) in [5.41, 5.74) is 2.78. The molecule has 0 fully saturated rings. The molecule has 114 valence electrons. The molecule has 0 unspecified atom stereocenters. The molecular weight excluding hydrogens is 292 g/mol. The fraction of sp³-hybridized carbons (Fsp3) is 0.167. The number of aromatic amines is 1. The Labute approximate surface area is 131 Å². The van der Waals surface area contributed by atoms with Gasteiger partial charge in [0.15, 0.2) is 0 Å². The van der Waals surface area contributed by atoms with E-state index < -0.39 is 0 Å². The van der Waals surface area contributed by atoms with Crippen LogP contribution in [0.1, 0.15) is 29.2 Å². The highest BCUT2D eigenvalue weighted by Gasteiger charge is 2.31. The predicted molar refractivity (Wildman–Crippen MR) is 85.6 cm³/mol. The average Bonchev–Trinajstić information content (AvgIpc) is 2.53. The third kappa shape index (κ3) is 2.30. The number of carbonyl (C=O) groups is 1. The molecule has 1 atom stereocenters. The van der Waals surface area contributed by atoms with Crippen LogP contribution in [0.15, 0.2) is 47.4 Å². The van der Waals surface area contributed by atoms with E-state index in [1.54, 1.807) is 19.2 Å². The number of aryl methyl sites for hydroxylation is 1. The normalized spacial score (nSPS) is 16.9. The summed E-state index contributed by atoms with van der Waals surface area (Å²) in [6.45, 7) is 1.76. The van der Waals surface area contributed by atoms with Crippen LogP contribution < -0.4 is 10.3 Å². The van der Waals surface area contributed by atoms with E-state index in [2.05, 4.69) is 9.97 Å². The van der Waals surface area contributed by atoms with Gasteiger partial charge in [0, 0.05) is 29.3 Å². The van der Waals surface area contributed by atoms with E-state index in [-0.39, 0.29) is 23.9 Å². The first kappa shape index (κ1) is 13.7. The number of nitrogens with zero attached hydrogens (tertiary/aromatic N) is 1. The highest BCUT2D eigenvalue weighted by molar-refractivity contribution is 5.81. The monoisotopic (exact) mass is 306 g/mol. The Morgan fingerprint density at radius 1 is 1.22 bits per heavy atom. The quantitative estimate of drug-likeness (QED) is 0.702. The second kappa shape index (κ2) is 5.05. The number of ether oxygens (including phenoxy) is 1. The summed E-state index contributed by atoms with van der Waals surface area (Å²) < 4.78 is 5.26. The number of esters is 1. The lowest BCUT2D eigenvalue weighted by atomic mass is 9.86. The van der Waals surface area contributed by atoms with Gasteiger partial charge in [0.05, 0.1) is 17.5 Å². The van der Waals surface area contributed by atoms with Crippen molar-refractivity contribution >= 4 is 16.9 Å². The third-order valence-electron chi connectivity index (χ3n) is 4.14. The zero-order chi connectivity index (χ0) is 16.0. The van der Waals surface area contributed by atoms with Crippen molar-refractivity contribution in [1.82, 2.24) is 9.97 Å². The molecule has 4 rings (SSSR count). The number of hydrogen-bond acceptors (Lipinski definition) is 4. The highest BCUT2D eigenvalue weighted by Crippen LogP contribution is 2.37. The lowest BCUT2D eigenvalue weighted by Crippen LogP contribution is -2.28. The maximum absolute atomic E-state index is 12.4. The molecule has 0 amide bonds. The van der Waals surface area contributed by atoms with E-state index in [9.17, 15) is 9.59 Å². The minimum atomic E-state index is -0.321. The van der Waals surface area contributed by atoms with Crippen molar-refractivity contribution in [2.75, 3.05) is 0 Å². The Morgan fingerprint density at radius 3 is 2.96 bits per heavy atom. The van der Waals surface area contributed by atoms with Crippen molar-refractivity contribution in [2.45, 2.75) is 19.3 Å². The molecule has 0 radical (unpaired) electrons. The fourth-order valence-electron chi connectivity index (χ4n) is 3.11. The van der Waals surface area contributed by atoms with Gasteiger partial charge in [0.25, 0.3) is 5.56 Å². The molecule has 1 aliphatic rings. The van der Waals surface area contributed by atoms with Crippen LogP contribution in [-0.4, -0.2) is 15.9 Å². The number of pyridine rings is 2. The number of rotatable bonds is 1. The molecule has 0 saturated carbocycles. The molecule has 1 N–H and O–H groups in total. The molecule has 5 heteroatoms. The van der Waals surface area contributed by atoms with Crippen LogP contribution in [0.3, 0.4) is 0 Å². The van der Waals surface area contributed by atoms with Crippen LogP contribution in [0, 0.1) is 6.92 Å². The van der Waals surface area contributed by atoms with Gasteiger partial charge in [0.1, 0.15) is 5.75 Å². The maximum atomic E-state index is 12.4. The van der Waals surface area contributed by atoms with Crippen molar-refractivity contribution < 1.29 is 9.53 Å². The SMILES string of the molecule is Cc1cc2c(c(=O)[nH]1)[C@H](c1ccc3ncccc3c1)CC(=O)O2. The number of benzene rings is 1. The minimum Gasteiger partial charge on any atom is -0.426 e. The number of hydrogen-bond donors (Lipinski definition) is 1. The van der Waals surface area contributed by atoms with E-state index in [0.717, 1.165) is 16.5 Å². The van der Waals surface area contributed by atoms with E-state index >= 15 is 0 Å². The van der Waals surface area contributed by atoms with Crippen LogP contribution >= 0.6 is 0 Å². The number of aromatic nitrogens is 2. The van der Waals surface area contributed by atoms with Gasteiger partial charge < -0.3 is 9.72 Å². The van der Waals surface area contributed by atoms with E-state index in [1.165, 1.54) is 0 Å². The molecule has 0 saturated heterocycles. The molecule has 2 aromatic heterocycles. The van der Waals surface area contributed by atoms with E-state index in [4.69, 9.17) is 4.74 Å². The average molecular weight is 306 g/mol. The largest absolute Gasteiger partial charge is 0.426 e. The van der Waals surface area contributed by atoms with Crippen LogP contribution in [0.2, 0.25) is 0 Å². The summed E-state index contributed by atoms with van der Waals surface area (Å²) in [6.07, 6.45) is 1.90. The first-order valence-corrected chi connectivity index (χ1v) is 7.41. The summed E-state index contributed by atoms with van der Waals surface area (Å²) in [7, 11) is 0. The van der Waals surface area contributed by atoms with Crippen molar-refractivity contribution in [3.8, 4) is 5.75 Å². The van der Waals surface area contributed by atoms with Gasteiger partial charge in [-0.05, 0) is 30.7 Å². The van der Waals surface area contributed by atoms with E-state index in [1.807, 2.05) is 30.3 Å². The lowest BCUT2D eigenvalue weighted by molar-refractivity contribution is -0.135. The predicted octanol–water partition coefficient (Wildman–Crippen LogP) is 2.67. The van der Waals surface area contributed by atoms with Crippen LogP contribution in [0.25, 0.3) is 10.9 Å². The van der Waals surface area contributed by atoms with Crippen LogP contribution in [-0.2, 0) is 4.79 Å². The standard InChI is InChI=1S/C18H14N2O3/c1-10-7-15-17(18(22)20-10)13(9-16(21)23-15)11-4-5-14-12(8-11)3-2-6-19-14/h2-8,13H,9H2,1H3,(H,20,22)/t13-/m0/s1. The Hall–Kier alpha value is -2.95. The van der Waals surface area contributed by atoms with Crippen molar-refractivity contribution in [3.05, 3.63) is 69.8 Å². The smallest absolute Gasteiger partial charge is 0.312 e. The van der Waals surface area contributed by atoms with Crippen LogP contribution in [0.5, 0.6) is 5.75 Å². The van der Waals surface area contributed by atoms with Crippen molar-refractivity contribution in [3.63, 3.8) is 0 Å². The molecule has 0 bridgehead atoms. The Balaban J connectivity index is 1.91. The Bertz CT molecular complexity index is 991. The molecule has 0 spiro atoms. The highest BCUT2D eigenvalue weighted by atomic mass is 16.5. The van der Waals surface area contributed by atoms with Gasteiger partial charge in [0.2, 0.25) is 0 Å². The van der Waals surface area contributed by atoms with Gasteiger partial charge in [-0.3, -0.25) is 14.6 Å². The van der Waals surface area contributed by atoms with Gasteiger partial charge in [-0.1, -0.05) is 12.1 Å². The Morgan fingerprint density at radius 2 is 2.09 bits per heavy atom. The van der Waals surface area contributed by atoms with Crippen molar-refractivity contribution in [1.29, 1.82) is 0 Å². The maximum Gasteiger partial charge on any atom is 0.312 e. The second-order valence-electron chi connectivity index (χ2n) is 5.75. The number of carbonyl (C=O) groups excluding carboxylic acids is 1. The molecule has 1 aliphatic heterocycles. The van der Waals surface area contributed by atoms with Crippen molar-refractivity contribution in [2.24, 2.45) is 0 Å². The molecule has 23 heavy (non-hydrogen) atoms. The zero-order valence-electron chi connectivity index (χ0n) is 12.5. The van der Waals surface area contributed by atoms with Gasteiger partial charge in [-0.25, -0.2) is 0 Å². The van der Waals surface area contributed by atoms with Gasteiger partial charge >= 0.3 is 5.97 Å². The summed E-state index contributed by atoms with van der Waals surface area (Å²) in [5, 5.41) is 0.981. The minimum absolute atomic E-state index is 0.158. The third-order valence-corrected chi connectivity index (χ3v) is 4.14. The summed E-state index contributed by atoms with van der Waals surface area (Å²) in [4.78, 5) is 31.4. The first-order valence-electron chi connectivity index (χ1n) is 7.41. The molecule has 3 aromatic rings. The summed E-state index contributed by atoms with van der Waals surface area (Å²) in [5.74, 6) is -0.266. The number of H-pyrrole nitrogens is 1. The summed E-state index contributed by atoms with van der Waals surface area (Å²) in [6, 6.07) is 11.3. The second-order valence-corrected chi connectivity index (χ2v) is 5.75. The Kier molecular flexibility index (Phi) is 3.01. The molecule has 1 aromatic carbocycles. The zero-order valence-corrected chi connectivity index (χ0v) is 12.5. The fourth-order valence-corrected chi connectivity index (χ4v) is 3.11. The number of nitrogens with one attached hydrogen (secondary N) is 1. The molecule has 0 aliphatic carbocycles. The lowest BCUT2D eigenvalue weighted by Gasteiger charge is -2.24. The van der Waals surface area contributed by atoms with Crippen LogP contribution in [0.4, 0.5) is 0 Å². The first-order chi connectivity index (χ1) is 11.1. The topological polar surface area (TPSA) is 72.0 Å². The molecule has 3 heterocycles. The molecule has 5 nitrogen and oxygen atoms in total. The number of fused-ring (bicyclic) bond motifs is 2. The van der Waals surface area contributed by atoms with E-state index in [0.29, 0.717) is 17.0 Å². The summed E-state index contributed by atoms with van der Waals surface area (Å²) >= 11 is 0. The molecular formula is C18H14N2O3.